The molecule has 0 amide bonds. The first-order valence-corrected chi connectivity index (χ1v) is 5.15. The number of aromatic nitrogens is 2. The molecule has 1 aliphatic carbocycles. The molecule has 1 aromatic heterocycles. The molecule has 4 nitrogen and oxygen atoms in total. The SMILES string of the molecule is NCc1nc(N)c2c(n1)CCCCC2. The van der Waals surface area contributed by atoms with Gasteiger partial charge in [-0.2, -0.15) is 0 Å². The van der Waals surface area contributed by atoms with Crippen molar-refractivity contribution in [2.45, 2.75) is 38.6 Å². The van der Waals surface area contributed by atoms with Crippen molar-refractivity contribution >= 4 is 5.82 Å². The fraction of sp³-hybridized carbons (Fsp3) is 0.600. The normalized spacial score (nSPS) is 16.1. The van der Waals surface area contributed by atoms with Gasteiger partial charge in [0.1, 0.15) is 11.6 Å². The topological polar surface area (TPSA) is 77.8 Å². The van der Waals surface area contributed by atoms with Gasteiger partial charge in [0.25, 0.3) is 0 Å². The molecular weight excluding hydrogens is 176 g/mol. The summed E-state index contributed by atoms with van der Waals surface area (Å²) >= 11 is 0. The molecule has 0 aliphatic heterocycles. The third-order valence-electron chi connectivity index (χ3n) is 2.69. The lowest BCUT2D eigenvalue weighted by atomic mass is 10.1. The van der Waals surface area contributed by atoms with Crippen LogP contribution in [0.3, 0.4) is 0 Å². The van der Waals surface area contributed by atoms with E-state index in [-0.39, 0.29) is 0 Å². The van der Waals surface area contributed by atoms with Crippen LogP contribution >= 0.6 is 0 Å². The van der Waals surface area contributed by atoms with Gasteiger partial charge in [-0.1, -0.05) is 6.42 Å². The van der Waals surface area contributed by atoms with Gasteiger partial charge in [-0.25, -0.2) is 9.97 Å². The van der Waals surface area contributed by atoms with Crippen molar-refractivity contribution in [1.29, 1.82) is 0 Å². The fourth-order valence-electron chi connectivity index (χ4n) is 1.94. The number of rotatable bonds is 1. The number of nitrogens with two attached hydrogens (primary N) is 2. The fourth-order valence-corrected chi connectivity index (χ4v) is 1.94. The Morgan fingerprint density at radius 3 is 2.64 bits per heavy atom. The molecule has 1 aliphatic rings. The van der Waals surface area contributed by atoms with Crippen LogP contribution in [0.1, 0.15) is 36.3 Å². The van der Waals surface area contributed by atoms with Gasteiger partial charge < -0.3 is 11.5 Å². The van der Waals surface area contributed by atoms with Gasteiger partial charge in [0.05, 0.1) is 6.54 Å². The van der Waals surface area contributed by atoms with Gasteiger partial charge in [-0.3, -0.25) is 0 Å². The van der Waals surface area contributed by atoms with Crippen molar-refractivity contribution in [2.75, 3.05) is 5.73 Å². The third-order valence-corrected chi connectivity index (χ3v) is 2.69. The maximum Gasteiger partial charge on any atom is 0.144 e. The zero-order valence-electron chi connectivity index (χ0n) is 8.29. The molecular formula is C10H16N4. The lowest BCUT2D eigenvalue weighted by molar-refractivity contribution is 0.708. The summed E-state index contributed by atoms with van der Waals surface area (Å²) in [5, 5.41) is 0. The second-order valence-corrected chi connectivity index (χ2v) is 3.72. The first-order chi connectivity index (χ1) is 6.81. The van der Waals surface area contributed by atoms with Gasteiger partial charge in [-0.15, -0.1) is 0 Å². The highest BCUT2D eigenvalue weighted by atomic mass is 15.0. The molecule has 1 heterocycles. The molecule has 0 fully saturated rings. The molecule has 1 aromatic rings. The van der Waals surface area contributed by atoms with Gasteiger partial charge in [-0.05, 0) is 25.7 Å². The molecule has 4 heteroatoms. The van der Waals surface area contributed by atoms with Gasteiger partial charge in [0.15, 0.2) is 0 Å². The molecule has 4 N–H and O–H groups in total. The smallest absolute Gasteiger partial charge is 0.144 e. The minimum atomic E-state index is 0.373. The molecule has 0 saturated carbocycles. The second-order valence-electron chi connectivity index (χ2n) is 3.72. The van der Waals surface area contributed by atoms with Gasteiger partial charge in [0, 0.05) is 11.3 Å². The van der Waals surface area contributed by atoms with E-state index in [2.05, 4.69) is 9.97 Å². The Hall–Kier alpha value is -1.16. The van der Waals surface area contributed by atoms with Crippen LogP contribution in [0, 0.1) is 0 Å². The molecule has 0 saturated heterocycles. The van der Waals surface area contributed by atoms with Crippen LogP contribution in [0.15, 0.2) is 0 Å². The van der Waals surface area contributed by atoms with E-state index in [0.717, 1.165) is 24.1 Å². The van der Waals surface area contributed by atoms with Crippen LogP contribution < -0.4 is 11.5 Å². The van der Waals surface area contributed by atoms with Crippen molar-refractivity contribution in [3.8, 4) is 0 Å². The van der Waals surface area contributed by atoms with E-state index >= 15 is 0 Å². The van der Waals surface area contributed by atoms with Crippen molar-refractivity contribution in [1.82, 2.24) is 9.97 Å². The molecule has 0 spiro atoms. The molecule has 0 aromatic carbocycles. The van der Waals surface area contributed by atoms with Crippen LogP contribution in [-0.4, -0.2) is 9.97 Å². The summed E-state index contributed by atoms with van der Waals surface area (Å²) in [5.74, 6) is 1.31. The Labute approximate surface area is 83.7 Å². The van der Waals surface area contributed by atoms with Crippen LogP contribution in [-0.2, 0) is 19.4 Å². The maximum atomic E-state index is 5.88. The van der Waals surface area contributed by atoms with E-state index in [1.807, 2.05) is 0 Å². The largest absolute Gasteiger partial charge is 0.383 e. The zero-order valence-corrected chi connectivity index (χ0v) is 8.29. The third kappa shape index (κ3) is 1.70. The van der Waals surface area contributed by atoms with Crippen molar-refractivity contribution in [2.24, 2.45) is 5.73 Å². The van der Waals surface area contributed by atoms with Crippen LogP contribution in [0.4, 0.5) is 5.82 Å². The summed E-state index contributed by atoms with van der Waals surface area (Å²) in [7, 11) is 0. The molecule has 0 radical (unpaired) electrons. The monoisotopic (exact) mass is 192 g/mol. The van der Waals surface area contributed by atoms with Crippen LogP contribution in [0.5, 0.6) is 0 Å². The lowest BCUT2D eigenvalue weighted by Crippen LogP contribution is -2.11. The molecule has 0 unspecified atom stereocenters. The first kappa shape index (κ1) is 9.40. The van der Waals surface area contributed by atoms with E-state index in [0.29, 0.717) is 18.2 Å². The highest BCUT2D eigenvalue weighted by Gasteiger charge is 2.14. The Morgan fingerprint density at radius 2 is 1.86 bits per heavy atom. The number of hydrogen-bond acceptors (Lipinski definition) is 4. The first-order valence-electron chi connectivity index (χ1n) is 5.15. The van der Waals surface area contributed by atoms with E-state index in [4.69, 9.17) is 11.5 Å². The minimum Gasteiger partial charge on any atom is -0.383 e. The Bertz CT molecular complexity index is 335. The van der Waals surface area contributed by atoms with Crippen molar-refractivity contribution in [3.05, 3.63) is 17.1 Å². The molecule has 14 heavy (non-hydrogen) atoms. The lowest BCUT2D eigenvalue weighted by Gasteiger charge is -2.08. The van der Waals surface area contributed by atoms with E-state index in [1.165, 1.54) is 19.3 Å². The number of fused-ring (bicyclic) bond motifs is 1. The Morgan fingerprint density at radius 1 is 1.07 bits per heavy atom. The standard InChI is InChI=1S/C10H16N4/c11-6-9-13-8-5-3-1-2-4-7(8)10(12)14-9/h1-6,11H2,(H2,12,13,14). The summed E-state index contributed by atoms with van der Waals surface area (Å²) in [6.45, 7) is 0.373. The van der Waals surface area contributed by atoms with Gasteiger partial charge in [0.2, 0.25) is 0 Å². The predicted molar refractivity (Wildman–Crippen MR) is 55.6 cm³/mol. The summed E-state index contributed by atoms with van der Waals surface area (Å²) < 4.78 is 0. The molecule has 0 bridgehead atoms. The number of hydrogen-bond donors (Lipinski definition) is 2. The summed E-state index contributed by atoms with van der Waals surface area (Å²) in [5.41, 5.74) is 13.7. The summed E-state index contributed by atoms with van der Waals surface area (Å²) in [4.78, 5) is 8.62. The number of aryl methyl sites for hydroxylation is 1. The molecule has 0 atom stereocenters. The minimum absolute atomic E-state index is 0.373. The Kier molecular flexibility index (Phi) is 2.63. The average molecular weight is 192 g/mol. The van der Waals surface area contributed by atoms with Crippen molar-refractivity contribution < 1.29 is 0 Å². The van der Waals surface area contributed by atoms with Gasteiger partial charge >= 0.3 is 0 Å². The number of nitrogens with zero attached hydrogens (tertiary/aromatic N) is 2. The molecule has 76 valence electrons. The maximum absolute atomic E-state index is 5.88. The Balaban J connectivity index is 2.43. The average Bonchev–Trinajstić information content (AvgIpc) is 2.42. The number of nitrogen functional groups attached to an aromatic ring is 1. The highest BCUT2D eigenvalue weighted by molar-refractivity contribution is 5.43. The summed E-state index contributed by atoms with van der Waals surface area (Å²) in [6.07, 6.45) is 5.70. The van der Waals surface area contributed by atoms with Crippen molar-refractivity contribution in [3.63, 3.8) is 0 Å². The number of anilines is 1. The van der Waals surface area contributed by atoms with E-state index in [9.17, 15) is 0 Å². The van der Waals surface area contributed by atoms with Crippen LogP contribution in [0.2, 0.25) is 0 Å². The van der Waals surface area contributed by atoms with E-state index in [1.54, 1.807) is 0 Å². The summed E-state index contributed by atoms with van der Waals surface area (Å²) in [6, 6.07) is 0. The zero-order chi connectivity index (χ0) is 9.97. The second kappa shape index (κ2) is 3.92. The van der Waals surface area contributed by atoms with E-state index < -0.39 is 0 Å². The molecule has 2 rings (SSSR count). The quantitative estimate of drug-likeness (QED) is 0.645. The van der Waals surface area contributed by atoms with Crippen LogP contribution in [0.25, 0.3) is 0 Å². The predicted octanol–water partition coefficient (Wildman–Crippen LogP) is 0.786. The highest BCUT2D eigenvalue weighted by Crippen LogP contribution is 2.22.